The standard InChI is InChI=1S/C28H33ClN6O2/c1-20(36)30-15-16-31-24-19-25(35-26(34-24)21-9-11-23(29)12-10-21)32-17-18-33-27(37)28(13-5-6-14-28)22-7-3-2-4-8-22/h2-4,7-12,19H,5-6,13-18H2,1H3,(H,30,36)(H,33,37)(H2,31,32,34,35). The Labute approximate surface area is 222 Å². The molecule has 8 nitrogen and oxygen atoms in total. The molecule has 3 aromatic rings. The highest BCUT2D eigenvalue weighted by molar-refractivity contribution is 6.30. The molecule has 1 saturated carbocycles. The van der Waals surface area contributed by atoms with Gasteiger partial charge in [0.2, 0.25) is 11.8 Å². The maximum atomic E-state index is 13.3. The van der Waals surface area contributed by atoms with E-state index < -0.39 is 5.41 Å². The van der Waals surface area contributed by atoms with Crippen molar-refractivity contribution in [3.63, 3.8) is 0 Å². The fraction of sp³-hybridized carbons (Fsp3) is 0.357. The summed E-state index contributed by atoms with van der Waals surface area (Å²) in [6, 6.07) is 19.2. The van der Waals surface area contributed by atoms with Crippen LogP contribution in [-0.2, 0) is 15.0 Å². The van der Waals surface area contributed by atoms with Crippen LogP contribution in [0.4, 0.5) is 11.6 Å². The fourth-order valence-electron chi connectivity index (χ4n) is 4.70. The Morgan fingerprint density at radius 2 is 1.43 bits per heavy atom. The third-order valence-electron chi connectivity index (χ3n) is 6.57. The Balaban J connectivity index is 1.40. The molecule has 1 heterocycles. The maximum absolute atomic E-state index is 13.3. The van der Waals surface area contributed by atoms with Gasteiger partial charge in [-0.25, -0.2) is 9.97 Å². The molecule has 0 bridgehead atoms. The number of amides is 2. The van der Waals surface area contributed by atoms with Gasteiger partial charge in [0.15, 0.2) is 5.82 Å². The lowest BCUT2D eigenvalue weighted by molar-refractivity contribution is -0.126. The molecule has 1 aliphatic rings. The molecule has 1 aromatic heterocycles. The van der Waals surface area contributed by atoms with E-state index in [-0.39, 0.29) is 11.8 Å². The van der Waals surface area contributed by atoms with Crippen LogP contribution < -0.4 is 21.3 Å². The first-order valence-corrected chi connectivity index (χ1v) is 13.1. The number of benzene rings is 2. The van der Waals surface area contributed by atoms with Crippen LogP contribution in [0.1, 0.15) is 38.2 Å². The number of hydrogen-bond donors (Lipinski definition) is 4. The van der Waals surface area contributed by atoms with Crippen molar-refractivity contribution in [2.45, 2.75) is 38.0 Å². The minimum absolute atomic E-state index is 0.0811. The van der Waals surface area contributed by atoms with Gasteiger partial charge in [0.05, 0.1) is 5.41 Å². The third-order valence-corrected chi connectivity index (χ3v) is 6.82. The van der Waals surface area contributed by atoms with Gasteiger partial charge in [-0.3, -0.25) is 9.59 Å². The predicted molar refractivity (Wildman–Crippen MR) is 148 cm³/mol. The first-order chi connectivity index (χ1) is 18.0. The lowest BCUT2D eigenvalue weighted by atomic mass is 9.78. The largest absolute Gasteiger partial charge is 0.368 e. The van der Waals surface area contributed by atoms with E-state index in [1.807, 2.05) is 36.4 Å². The van der Waals surface area contributed by atoms with Crippen molar-refractivity contribution in [1.29, 1.82) is 0 Å². The van der Waals surface area contributed by atoms with Gasteiger partial charge in [0, 0.05) is 49.8 Å². The van der Waals surface area contributed by atoms with Crippen molar-refractivity contribution in [1.82, 2.24) is 20.6 Å². The molecule has 37 heavy (non-hydrogen) atoms. The van der Waals surface area contributed by atoms with Gasteiger partial charge in [0.25, 0.3) is 0 Å². The number of carbonyl (C=O) groups excluding carboxylic acids is 2. The first-order valence-electron chi connectivity index (χ1n) is 12.7. The zero-order valence-corrected chi connectivity index (χ0v) is 21.8. The maximum Gasteiger partial charge on any atom is 0.230 e. The SMILES string of the molecule is CC(=O)NCCNc1cc(NCCNC(=O)C2(c3ccccc3)CCCC2)nc(-c2ccc(Cl)cc2)n1. The summed E-state index contributed by atoms with van der Waals surface area (Å²) in [5, 5.41) is 13.1. The van der Waals surface area contributed by atoms with Crippen LogP contribution in [0, 0.1) is 0 Å². The minimum Gasteiger partial charge on any atom is -0.368 e. The molecule has 2 aromatic carbocycles. The van der Waals surface area contributed by atoms with Crippen LogP contribution in [0.2, 0.25) is 5.02 Å². The van der Waals surface area contributed by atoms with E-state index in [1.165, 1.54) is 6.92 Å². The number of nitrogens with zero attached hydrogens (tertiary/aromatic N) is 2. The number of halogens is 1. The van der Waals surface area contributed by atoms with Crippen molar-refractivity contribution >= 4 is 35.1 Å². The molecule has 1 fully saturated rings. The summed E-state index contributed by atoms with van der Waals surface area (Å²) < 4.78 is 0. The van der Waals surface area contributed by atoms with Crippen molar-refractivity contribution < 1.29 is 9.59 Å². The molecule has 194 valence electrons. The number of carbonyl (C=O) groups is 2. The molecule has 2 amide bonds. The number of rotatable bonds is 11. The molecule has 0 unspecified atom stereocenters. The summed E-state index contributed by atoms with van der Waals surface area (Å²) in [6.07, 6.45) is 3.87. The zero-order chi connectivity index (χ0) is 26.1. The summed E-state index contributed by atoms with van der Waals surface area (Å²) in [4.78, 5) is 33.7. The summed E-state index contributed by atoms with van der Waals surface area (Å²) in [5.41, 5.74) is 1.48. The van der Waals surface area contributed by atoms with E-state index in [0.29, 0.717) is 48.7 Å². The molecule has 4 N–H and O–H groups in total. The molecular weight excluding hydrogens is 488 g/mol. The van der Waals surface area contributed by atoms with Gasteiger partial charge in [-0.15, -0.1) is 0 Å². The van der Waals surface area contributed by atoms with Crippen LogP contribution in [0.3, 0.4) is 0 Å². The summed E-state index contributed by atoms with van der Waals surface area (Å²) in [7, 11) is 0. The first kappa shape index (κ1) is 26.4. The highest BCUT2D eigenvalue weighted by atomic mass is 35.5. The average molecular weight is 521 g/mol. The molecule has 0 radical (unpaired) electrons. The number of nitrogens with one attached hydrogen (secondary N) is 4. The lowest BCUT2D eigenvalue weighted by Gasteiger charge is -2.28. The summed E-state index contributed by atoms with van der Waals surface area (Å²) in [5.74, 6) is 1.81. The van der Waals surface area contributed by atoms with Crippen molar-refractivity contribution in [2.24, 2.45) is 0 Å². The second kappa shape index (κ2) is 12.5. The molecule has 0 saturated heterocycles. The predicted octanol–water partition coefficient (Wildman–Crippen LogP) is 4.39. The van der Waals surface area contributed by atoms with Gasteiger partial charge in [-0.05, 0) is 42.7 Å². The van der Waals surface area contributed by atoms with Gasteiger partial charge < -0.3 is 21.3 Å². The van der Waals surface area contributed by atoms with Crippen LogP contribution in [0.15, 0.2) is 60.7 Å². The number of aromatic nitrogens is 2. The Hall–Kier alpha value is -3.65. The number of hydrogen-bond acceptors (Lipinski definition) is 6. The second-order valence-electron chi connectivity index (χ2n) is 9.22. The van der Waals surface area contributed by atoms with Gasteiger partial charge in [0.1, 0.15) is 11.6 Å². The van der Waals surface area contributed by atoms with Crippen LogP contribution in [-0.4, -0.2) is 48.0 Å². The second-order valence-corrected chi connectivity index (χ2v) is 9.65. The molecule has 4 rings (SSSR count). The van der Waals surface area contributed by atoms with Gasteiger partial charge >= 0.3 is 0 Å². The van der Waals surface area contributed by atoms with Crippen LogP contribution >= 0.6 is 11.6 Å². The molecule has 9 heteroatoms. The van der Waals surface area contributed by atoms with Gasteiger partial charge in [-0.1, -0.05) is 54.8 Å². The molecule has 0 aliphatic heterocycles. The highest BCUT2D eigenvalue weighted by Crippen LogP contribution is 2.41. The van der Waals surface area contributed by atoms with E-state index in [0.717, 1.165) is 36.8 Å². The molecule has 1 aliphatic carbocycles. The third kappa shape index (κ3) is 6.98. The Morgan fingerprint density at radius 3 is 2.03 bits per heavy atom. The van der Waals surface area contributed by atoms with E-state index in [9.17, 15) is 9.59 Å². The smallest absolute Gasteiger partial charge is 0.230 e. The average Bonchev–Trinajstić information content (AvgIpc) is 3.41. The van der Waals surface area contributed by atoms with E-state index in [2.05, 4.69) is 43.4 Å². The minimum atomic E-state index is -0.442. The fourth-order valence-corrected chi connectivity index (χ4v) is 4.83. The van der Waals surface area contributed by atoms with Crippen LogP contribution in [0.25, 0.3) is 11.4 Å². The summed E-state index contributed by atoms with van der Waals surface area (Å²) >= 11 is 6.04. The monoisotopic (exact) mass is 520 g/mol. The van der Waals surface area contributed by atoms with Crippen LogP contribution in [0.5, 0.6) is 0 Å². The Morgan fingerprint density at radius 1 is 0.838 bits per heavy atom. The zero-order valence-electron chi connectivity index (χ0n) is 21.0. The topological polar surface area (TPSA) is 108 Å². The van der Waals surface area contributed by atoms with Gasteiger partial charge in [-0.2, -0.15) is 0 Å². The molecule has 0 atom stereocenters. The van der Waals surface area contributed by atoms with E-state index >= 15 is 0 Å². The van der Waals surface area contributed by atoms with Crippen molar-refractivity contribution in [2.75, 3.05) is 36.8 Å². The Bertz CT molecular complexity index is 1200. The molecular formula is C28H33ClN6O2. The van der Waals surface area contributed by atoms with E-state index in [1.54, 1.807) is 12.1 Å². The van der Waals surface area contributed by atoms with E-state index in [4.69, 9.17) is 11.6 Å². The normalized spacial score (nSPS) is 14.1. The van der Waals surface area contributed by atoms with Crippen molar-refractivity contribution in [3.8, 4) is 11.4 Å². The summed E-state index contributed by atoms with van der Waals surface area (Å²) in [6.45, 7) is 3.47. The Kier molecular flexibility index (Phi) is 8.95. The number of anilines is 2. The van der Waals surface area contributed by atoms with Crippen molar-refractivity contribution in [3.05, 3.63) is 71.2 Å². The quantitative estimate of drug-likeness (QED) is 0.279. The molecule has 0 spiro atoms. The lowest BCUT2D eigenvalue weighted by Crippen LogP contribution is -2.44. The highest BCUT2D eigenvalue weighted by Gasteiger charge is 2.42.